The molecule has 4 aromatic rings. The summed E-state index contributed by atoms with van der Waals surface area (Å²) in [6.07, 6.45) is 5.81. The third-order valence-electron chi connectivity index (χ3n) is 12.3. The van der Waals surface area contributed by atoms with Gasteiger partial charge in [0.25, 0.3) is 12.3 Å². The van der Waals surface area contributed by atoms with Crippen LogP contribution in [-0.4, -0.2) is 72.4 Å². The molecule has 8 rings (SSSR count). The highest BCUT2D eigenvalue weighted by molar-refractivity contribution is 6.34. The van der Waals surface area contributed by atoms with Crippen LogP contribution in [-0.2, 0) is 10.2 Å². The first-order chi connectivity index (χ1) is 26.0. The standard InChI is InChI=1S/C40H45ClF4N8O2/c1-20(2)51-19-47-27-15-25(48-34(32(27)51)49-26-14-24(29(41)31(43)30(26)42)35(54)50-40(10-11-40)36(44)45)22-13-28-33(46-18-22)38(4,5)37(55)53(28)23-16-39(6,17-23)52-12-8-7-9-21(52)3/h13-15,18-21,23,36H,7-12,16-17H2,1-6H3,(H,48,49)(H,50,54)/t21-,23?,39?/m0/s1. The SMILES string of the molecule is CC(C)n1cnc2cc(-c3cnc4c(c3)N(C3CC(C)(N5CCCC[C@@H]5C)C3)C(=O)C4(C)C)nc(Nc3cc(C(=O)NC4(C(F)F)CC4)c(Cl)c(F)c3F)c21. The number of hydrogen-bond donors (Lipinski definition) is 2. The Labute approximate surface area is 322 Å². The van der Waals surface area contributed by atoms with Crippen LogP contribution < -0.4 is 15.5 Å². The molecule has 1 aromatic carbocycles. The van der Waals surface area contributed by atoms with Gasteiger partial charge in [-0.15, -0.1) is 0 Å². The van der Waals surface area contributed by atoms with Gasteiger partial charge >= 0.3 is 0 Å². The number of likely N-dealkylation sites (tertiary alicyclic amines) is 1. The molecule has 0 unspecified atom stereocenters. The lowest BCUT2D eigenvalue weighted by molar-refractivity contribution is -0.124. The van der Waals surface area contributed by atoms with E-state index in [1.165, 1.54) is 19.3 Å². The van der Waals surface area contributed by atoms with Gasteiger partial charge in [0.05, 0.1) is 50.6 Å². The van der Waals surface area contributed by atoms with Crippen LogP contribution in [0.2, 0.25) is 5.02 Å². The normalized spacial score (nSPS) is 24.4. The van der Waals surface area contributed by atoms with Crippen LogP contribution in [0.15, 0.2) is 30.7 Å². The highest BCUT2D eigenvalue weighted by atomic mass is 35.5. The predicted octanol–water partition coefficient (Wildman–Crippen LogP) is 8.70. The van der Waals surface area contributed by atoms with Gasteiger partial charge in [-0.1, -0.05) is 18.0 Å². The summed E-state index contributed by atoms with van der Waals surface area (Å²) in [6, 6.07) is 5.06. The molecular weight excluding hydrogens is 736 g/mol. The maximum atomic E-state index is 15.6. The van der Waals surface area contributed by atoms with E-state index in [0.717, 1.165) is 25.5 Å². The summed E-state index contributed by atoms with van der Waals surface area (Å²) < 4.78 is 60.0. The zero-order valence-corrected chi connectivity index (χ0v) is 32.5. The van der Waals surface area contributed by atoms with Gasteiger partial charge in [-0.2, -0.15) is 0 Å². The Bertz CT molecular complexity index is 2230. The topological polar surface area (TPSA) is 108 Å². The van der Waals surface area contributed by atoms with Gasteiger partial charge in [0.15, 0.2) is 17.5 Å². The van der Waals surface area contributed by atoms with E-state index in [4.69, 9.17) is 21.6 Å². The lowest BCUT2D eigenvalue weighted by Crippen LogP contribution is -2.65. The minimum absolute atomic E-state index is 0.00303. The number of rotatable bonds is 9. The Hall–Kier alpha value is -4.30. The number of carbonyl (C=O) groups excluding carboxylic acids is 2. The first-order valence-corrected chi connectivity index (χ1v) is 19.4. The summed E-state index contributed by atoms with van der Waals surface area (Å²) in [7, 11) is 0. The van der Waals surface area contributed by atoms with E-state index in [1.807, 2.05) is 43.2 Å². The summed E-state index contributed by atoms with van der Waals surface area (Å²) in [5, 5.41) is 4.30. The van der Waals surface area contributed by atoms with Crippen LogP contribution in [0, 0.1) is 11.6 Å². The molecule has 5 heterocycles. The van der Waals surface area contributed by atoms with Crippen LogP contribution in [0.4, 0.5) is 34.8 Å². The highest BCUT2D eigenvalue weighted by Gasteiger charge is 2.56. The third kappa shape index (κ3) is 6.05. The molecule has 2 N–H and O–H groups in total. The number of nitrogens with one attached hydrogen (secondary N) is 2. The summed E-state index contributed by atoms with van der Waals surface area (Å²) in [5.41, 5.74) is -0.210. The second-order valence-electron chi connectivity index (χ2n) is 16.9. The number of hydrogen-bond acceptors (Lipinski definition) is 7. The summed E-state index contributed by atoms with van der Waals surface area (Å²) >= 11 is 6.08. The van der Waals surface area contributed by atoms with Crippen molar-refractivity contribution in [1.29, 1.82) is 0 Å². The number of anilines is 3. The second-order valence-corrected chi connectivity index (χ2v) is 17.3. The fraction of sp³-hybridized carbons (Fsp3) is 0.525. The van der Waals surface area contributed by atoms with Crippen molar-refractivity contribution in [2.45, 2.75) is 128 Å². The number of nitrogens with zero attached hydrogens (tertiary/aromatic N) is 6. The van der Waals surface area contributed by atoms with Gasteiger partial charge in [0, 0.05) is 35.4 Å². The van der Waals surface area contributed by atoms with Crippen molar-refractivity contribution in [2.24, 2.45) is 0 Å². The highest BCUT2D eigenvalue weighted by Crippen LogP contribution is 2.50. The molecule has 1 atom stereocenters. The van der Waals surface area contributed by atoms with Crippen molar-refractivity contribution in [3.63, 3.8) is 0 Å². The monoisotopic (exact) mass is 780 g/mol. The number of imidazole rings is 1. The number of halogens is 5. The van der Waals surface area contributed by atoms with Crippen molar-refractivity contribution in [1.82, 2.24) is 29.7 Å². The van der Waals surface area contributed by atoms with Crippen molar-refractivity contribution in [3.8, 4) is 11.3 Å². The van der Waals surface area contributed by atoms with E-state index in [1.54, 1.807) is 18.6 Å². The Morgan fingerprint density at radius 1 is 1.04 bits per heavy atom. The van der Waals surface area contributed by atoms with Gasteiger partial charge in [-0.25, -0.2) is 27.5 Å². The smallest absolute Gasteiger partial charge is 0.261 e. The molecule has 0 radical (unpaired) electrons. The van der Waals surface area contributed by atoms with Crippen LogP contribution in [0.1, 0.15) is 109 Å². The fourth-order valence-corrected chi connectivity index (χ4v) is 9.13. The van der Waals surface area contributed by atoms with E-state index in [9.17, 15) is 18.4 Å². The van der Waals surface area contributed by atoms with Crippen molar-refractivity contribution in [3.05, 3.63) is 58.6 Å². The molecule has 2 aliphatic carbocycles. The molecule has 4 aliphatic rings. The first-order valence-electron chi connectivity index (χ1n) is 19.0. The predicted molar refractivity (Wildman–Crippen MR) is 203 cm³/mol. The average Bonchev–Trinajstić information content (AvgIpc) is 3.73. The Kier molecular flexibility index (Phi) is 8.99. The van der Waals surface area contributed by atoms with E-state index in [2.05, 4.69) is 34.4 Å². The third-order valence-corrected chi connectivity index (χ3v) is 12.7. The maximum absolute atomic E-state index is 15.6. The van der Waals surface area contributed by atoms with Crippen LogP contribution >= 0.6 is 11.6 Å². The van der Waals surface area contributed by atoms with E-state index in [0.29, 0.717) is 39.7 Å². The Morgan fingerprint density at radius 3 is 2.42 bits per heavy atom. The maximum Gasteiger partial charge on any atom is 0.261 e. The molecule has 55 heavy (non-hydrogen) atoms. The molecule has 3 fully saturated rings. The number of carbonyl (C=O) groups is 2. The number of pyridine rings is 2. The van der Waals surface area contributed by atoms with Crippen LogP contribution in [0.25, 0.3) is 22.3 Å². The van der Waals surface area contributed by atoms with E-state index >= 15 is 8.78 Å². The molecule has 0 bridgehead atoms. The lowest BCUT2D eigenvalue weighted by atomic mass is 9.70. The van der Waals surface area contributed by atoms with Crippen LogP contribution in [0.3, 0.4) is 0 Å². The molecule has 2 saturated carbocycles. The molecule has 2 amide bonds. The van der Waals surface area contributed by atoms with Crippen molar-refractivity contribution in [2.75, 3.05) is 16.8 Å². The Morgan fingerprint density at radius 2 is 1.76 bits per heavy atom. The largest absolute Gasteiger partial charge is 0.341 e. The van der Waals surface area contributed by atoms with Gasteiger partial charge in [-0.05, 0) is 105 Å². The molecule has 292 valence electrons. The summed E-state index contributed by atoms with van der Waals surface area (Å²) in [4.78, 5) is 46.0. The van der Waals surface area contributed by atoms with Gasteiger partial charge in [0.2, 0.25) is 5.91 Å². The molecule has 0 spiro atoms. The second kappa shape index (κ2) is 13.1. The van der Waals surface area contributed by atoms with E-state index < -0.39 is 51.2 Å². The first kappa shape index (κ1) is 37.6. The quantitative estimate of drug-likeness (QED) is 0.129. The number of piperidine rings is 1. The zero-order valence-electron chi connectivity index (χ0n) is 31.7. The number of benzene rings is 1. The van der Waals surface area contributed by atoms with E-state index in [-0.39, 0.29) is 42.2 Å². The van der Waals surface area contributed by atoms with Gasteiger partial charge < -0.3 is 20.1 Å². The summed E-state index contributed by atoms with van der Waals surface area (Å²) in [5.74, 6) is -3.85. The number of fused-ring (bicyclic) bond motifs is 2. The average molecular weight is 781 g/mol. The van der Waals surface area contributed by atoms with Gasteiger partial charge in [0.1, 0.15) is 11.1 Å². The molecular formula is C40H45ClF4N8O2. The minimum Gasteiger partial charge on any atom is -0.341 e. The molecule has 10 nitrogen and oxygen atoms in total. The van der Waals surface area contributed by atoms with Crippen molar-refractivity contribution < 1.29 is 27.2 Å². The lowest BCUT2D eigenvalue weighted by Gasteiger charge is -2.57. The fourth-order valence-electron chi connectivity index (χ4n) is 8.91. The number of amides is 2. The Balaban J connectivity index is 1.17. The van der Waals surface area contributed by atoms with Crippen molar-refractivity contribution >= 4 is 51.6 Å². The molecule has 1 saturated heterocycles. The van der Waals surface area contributed by atoms with Gasteiger partial charge in [-0.3, -0.25) is 19.5 Å². The zero-order chi connectivity index (χ0) is 39.4. The molecule has 3 aromatic heterocycles. The summed E-state index contributed by atoms with van der Waals surface area (Å²) in [6.45, 7) is 13.3. The molecule has 15 heteroatoms. The minimum atomic E-state index is -2.84. The number of alkyl halides is 2. The number of aromatic nitrogens is 4. The molecule has 2 aliphatic heterocycles. The van der Waals surface area contributed by atoms with Crippen LogP contribution in [0.5, 0.6) is 0 Å².